The van der Waals surface area contributed by atoms with E-state index in [1.165, 1.54) is 5.56 Å². The Labute approximate surface area is 85.5 Å². The Morgan fingerprint density at radius 3 is 2.07 bits per heavy atom. The fourth-order valence-corrected chi connectivity index (χ4v) is 1.94. The Hall–Kier alpha value is -0.860. The Morgan fingerprint density at radius 2 is 1.64 bits per heavy atom. The van der Waals surface area contributed by atoms with Gasteiger partial charge in [0.25, 0.3) is 0 Å². The van der Waals surface area contributed by atoms with E-state index in [4.69, 9.17) is 5.26 Å². The first kappa shape index (κ1) is 11.2. The average Bonchev–Trinajstić information content (AvgIpc) is 2.19. The highest BCUT2D eigenvalue weighted by Gasteiger charge is 2.23. The molecule has 1 aromatic carbocycles. The molecule has 2 nitrogen and oxygen atoms in total. The van der Waals surface area contributed by atoms with Gasteiger partial charge < -0.3 is 0 Å². The van der Waals surface area contributed by atoms with Crippen LogP contribution in [0.25, 0.3) is 0 Å². The first-order valence-electron chi connectivity index (χ1n) is 5.02. The molecule has 2 heteroatoms. The molecule has 1 rings (SSSR count). The molecule has 0 fully saturated rings. The van der Waals surface area contributed by atoms with Gasteiger partial charge >= 0.3 is 0 Å². The first-order valence-corrected chi connectivity index (χ1v) is 5.02. The van der Waals surface area contributed by atoms with Crippen LogP contribution in [0, 0.1) is 5.92 Å². The standard InChI is InChI=1S/C12H18O2/c1-9(2)12(10(3)14-13)11-7-5-4-6-8-11/h4-10,12-13H,1-3H3. The highest BCUT2D eigenvalue weighted by atomic mass is 17.1. The minimum absolute atomic E-state index is 0.169. The summed E-state index contributed by atoms with van der Waals surface area (Å²) in [6.07, 6.45) is -0.169. The fraction of sp³-hybridized carbons (Fsp3) is 0.500. The molecule has 0 bridgehead atoms. The van der Waals surface area contributed by atoms with Crippen molar-refractivity contribution in [3.05, 3.63) is 35.9 Å². The highest BCUT2D eigenvalue weighted by molar-refractivity contribution is 5.21. The van der Waals surface area contributed by atoms with Crippen LogP contribution < -0.4 is 0 Å². The lowest BCUT2D eigenvalue weighted by Crippen LogP contribution is -2.22. The van der Waals surface area contributed by atoms with Crippen molar-refractivity contribution >= 4 is 0 Å². The van der Waals surface area contributed by atoms with Gasteiger partial charge in [0.1, 0.15) is 0 Å². The van der Waals surface area contributed by atoms with Crippen LogP contribution in [0.3, 0.4) is 0 Å². The largest absolute Gasteiger partial charge is 0.252 e. The minimum atomic E-state index is -0.169. The van der Waals surface area contributed by atoms with Crippen molar-refractivity contribution in [1.82, 2.24) is 0 Å². The Balaban J connectivity index is 2.89. The lowest BCUT2D eigenvalue weighted by Gasteiger charge is -2.25. The number of rotatable bonds is 4. The molecule has 0 aliphatic carbocycles. The zero-order chi connectivity index (χ0) is 10.6. The summed E-state index contributed by atoms with van der Waals surface area (Å²) in [4.78, 5) is 4.43. The van der Waals surface area contributed by atoms with E-state index in [0.29, 0.717) is 5.92 Å². The SMILES string of the molecule is CC(C)C(c1ccccc1)C(C)OO. The molecule has 0 aliphatic rings. The molecule has 0 spiro atoms. The van der Waals surface area contributed by atoms with Gasteiger partial charge in [0, 0.05) is 5.92 Å². The molecule has 0 saturated carbocycles. The average molecular weight is 194 g/mol. The zero-order valence-electron chi connectivity index (χ0n) is 8.97. The van der Waals surface area contributed by atoms with Gasteiger partial charge in [0.2, 0.25) is 0 Å². The van der Waals surface area contributed by atoms with Crippen molar-refractivity contribution in [1.29, 1.82) is 0 Å². The maximum absolute atomic E-state index is 8.72. The van der Waals surface area contributed by atoms with Gasteiger partial charge in [0.15, 0.2) is 0 Å². The van der Waals surface area contributed by atoms with E-state index in [0.717, 1.165) is 0 Å². The fourth-order valence-electron chi connectivity index (χ4n) is 1.94. The molecule has 0 heterocycles. The van der Waals surface area contributed by atoms with Crippen LogP contribution in [-0.2, 0) is 4.89 Å². The molecule has 1 aromatic rings. The summed E-state index contributed by atoms with van der Waals surface area (Å²) < 4.78 is 0. The van der Waals surface area contributed by atoms with Crippen LogP contribution in [0.5, 0.6) is 0 Å². The summed E-state index contributed by atoms with van der Waals surface area (Å²) in [5, 5.41) is 8.72. The second-order valence-electron chi connectivity index (χ2n) is 3.99. The van der Waals surface area contributed by atoms with E-state index in [2.05, 4.69) is 30.9 Å². The van der Waals surface area contributed by atoms with Crippen LogP contribution in [0.2, 0.25) is 0 Å². The minimum Gasteiger partial charge on any atom is -0.252 e. The molecule has 2 atom stereocenters. The van der Waals surface area contributed by atoms with Crippen LogP contribution in [-0.4, -0.2) is 11.4 Å². The number of hydrogen-bond acceptors (Lipinski definition) is 2. The van der Waals surface area contributed by atoms with Crippen molar-refractivity contribution in [2.24, 2.45) is 5.92 Å². The third-order valence-electron chi connectivity index (χ3n) is 2.57. The number of hydrogen-bond donors (Lipinski definition) is 1. The van der Waals surface area contributed by atoms with Crippen molar-refractivity contribution in [3.63, 3.8) is 0 Å². The normalized spacial score (nSPS) is 15.5. The van der Waals surface area contributed by atoms with Crippen LogP contribution in [0.1, 0.15) is 32.3 Å². The summed E-state index contributed by atoms with van der Waals surface area (Å²) in [6.45, 7) is 6.15. The number of benzene rings is 1. The van der Waals surface area contributed by atoms with Gasteiger partial charge in [-0.1, -0.05) is 44.2 Å². The molecular formula is C12H18O2. The predicted octanol–water partition coefficient (Wildman–Crippen LogP) is 3.30. The summed E-state index contributed by atoms with van der Waals surface area (Å²) in [7, 11) is 0. The lowest BCUT2D eigenvalue weighted by molar-refractivity contribution is -0.281. The van der Waals surface area contributed by atoms with Gasteiger partial charge in [-0.25, -0.2) is 4.89 Å². The van der Waals surface area contributed by atoms with E-state index in [1.54, 1.807) is 0 Å². The van der Waals surface area contributed by atoms with Crippen molar-refractivity contribution in [2.75, 3.05) is 0 Å². The first-order chi connectivity index (χ1) is 6.66. The van der Waals surface area contributed by atoms with Crippen LogP contribution >= 0.6 is 0 Å². The Bertz CT molecular complexity index is 256. The molecule has 0 saturated heterocycles. The molecule has 0 aromatic heterocycles. The topological polar surface area (TPSA) is 29.5 Å². The summed E-state index contributed by atoms with van der Waals surface area (Å²) in [5.74, 6) is 0.681. The maximum Gasteiger partial charge on any atom is 0.0970 e. The lowest BCUT2D eigenvalue weighted by atomic mass is 9.84. The third-order valence-corrected chi connectivity index (χ3v) is 2.57. The summed E-state index contributed by atoms with van der Waals surface area (Å²) in [6, 6.07) is 10.1. The molecule has 1 N–H and O–H groups in total. The maximum atomic E-state index is 8.72. The van der Waals surface area contributed by atoms with Gasteiger partial charge in [-0.15, -0.1) is 0 Å². The van der Waals surface area contributed by atoms with Crippen LogP contribution in [0.15, 0.2) is 30.3 Å². The Kier molecular flexibility index (Phi) is 4.11. The molecule has 0 radical (unpaired) electrons. The molecule has 14 heavy (non-hydrogen) atoms. The van der Waals surface area contributed by atoms with E-state index >= 15 is 0 Å². The predicted molar refractivity (Wildman–Crippen MR) is 57.2 cm³/mol. The van der Waals surface area contributed by atoms with E-state index in [-0.39, 0.29) is 12.0 Å². The zero-order valence-corrected chi connectivity index (χ0v) is 8.97. The van der Waals surface area contributed by atoms with Crippen molar-refractivity contribution in [3.8, 4) is 0 Å². The van der Waals surface area contributed by atoms with Gasteiger partial charge in [-0.2, -0.15) is 0 Å². The van der Waals surface area contributed by atoms with Crippen molar-refractivity contribution < 1.29 is 10.1 Å². The van der Waals surface area contributed by atoms with Gasteiger partial charge in [-0.3, -0.25) is 5.26 Å². The van der Waals surface area contributed by atoms with E-state index in [9.17, 15) is 0 Å². The third kappa shape index (κ3) is 2.56. The molecule has 0 amide bonds. The second-order valence-corrected chi connectivity index (χ2v) is 3.99. The van der Waals surface area contributed by atoms with Crippen molar-refractivity contribution in [2.45, 2.75) is 32.8 Å². The molecule has 2 unspecified atom stereocenters. The smallest absolute Gasteiger partial charge is 0.0970 e. The quantitative estimate of drug-likeness (QED) is 0.588. The van der Waals surface area contributed by atoms with Gasteiger partial charge in [0.05, 0.1) is 6.10 Å². The van der Waals surface area contributed by atoms with Gasteiger partial charge in [-0.05, 0) is 18.4 Å². The highest BCUT2D eigenvalue weighted by Crippen LogP contribution is 2.28. The van der Waals surface area contributed by atoms with E-state index in [1.807, 2.05) is 25.1 Å². The Morgan fingerprint density at radius 1 is 1.07 bits per heavy atom. The van der Waals surface area contributed by atoms with Crippen LogP contribution in [0.4, 0.5) is 0 Å². The summed E-state index contributed by atoms with van der Waals surface area (Å²) in [5.41, 5.74) is 1.21. The monoisotopic (exact) mass is 194 g/mol. The summed E-state index contributed by atoms with van der Waals surface area (Å²) >= 11 is 0. The van der Waals surface area contributed by atoms with E-state index < -0.39 is 0 Å². The second kappa shape index (κ2) is 5.13. The molecular weight excluding hydrogens is 176 g/mol. The molecule has 78 valence electrons. The molecule has 0 aliphatic heterocycles.